The van der Waals surface area contributed by atoms with E-state index in [1.807, 2.05) is 29.1 Å². The maximum atomic E-state index is 11.6. The number of fused-ring (bicyclic) bond motifs is 1. The standard InChI is InChI=1S/C15H22N6OS/c1-2-16-14(18-6-5-17-13(22)11-3-4-11)19-9-12-10-21-7-8-23-15(21)20-12/h7-8,10-11H,2-6,9H2,1H3,(H,17,22)(H2,16,18,19). The molecule has 7 nitrogen and oxygen atoms in total. The molecular formula is C15H22N6OS. The minimum atomic E-state index is 0.173. The lowest BCUT2D eigenvalue weighted by atomic mass is 10.4. The number of nitrogens with one attached hydrogen (secondary N) is 3. The second kappa shape index (κ2) is 7.45. The van der Waals surface area contributed by atoms with Crippen LogP contribution in [0.3, 0.4) is 0 Å². The van der Waals surface area contributed by atoms with Crippen LogP contribution < -0.4 is 16.0 Å². The molecule has 1 aliphatic rings. The first-order valence-corrected chi connectivity index (χ1v) is 8.85. The molecule has 1 aliphatic carbocycles. The van der Waals surface area contributed by atoms with E-state index < -0.39 is 0 Å². The maximum absolute atomic E-state index is 11.6. The maximum Gasteiger partial charge on any atom is 0.223 e. The van der Waals surface area contributed by atoms with Gasteiger partial charge in [-0.05, 0) is 19.8 Å². The molecule has 0 spiro atoms. The largest absolute Gasteiger partial charge is 0.357 e. The van der Waals surface area contributed by atoms with E-state index in [4.69, 9.17) is 0 Å². The molecule has 2 aromatic rings. The zero-order chi connectivity index (χ0) is 16.1. The van der Waals surface area contributed by atoms with Gasteiger partial charge in [-0.1, -0.05) is 0 Å². The summed E-state index contributed by atoms with van der Waals surface area (Å²) < 4.78 is 2.00. The lowest BCUT2D eigenvalue weighted by Gasteiger charge is -2.11. The van der Waals surface area contributed by atoms with Crippen molar-refractivity contribution >= 4 is 28.2 Å². The molecule has 0 bridgehead atoms. The number of nitrogens with zero attached hydrogens (tertiary/aromatic N) is 3. The molecule has 1 amide bonds. The Morgan fingerprint density at radius 2 is 2.22 bits per heavy atom. The fourth-order valence-corrected chi connectivity index (χ4v) is 2.93. The van der Waals surface area contributed by atoms with Gasteiger partial charge in [0.15, 0.2) is 10.9 Å². The summed E-state index contributed by atoms with van der Waals surface area (Å²) >= 11 is 1.61. The molecule has 0 radical (unpaired) electrons. The van der Waals surface area contributed by atoms with E-state index >= 15 is 0 Å². The van der Waals surface area contributed by atoms with Gasteiger partial charge < -0.3 is 16.0 Å². The van der Waals surface area contributed by atoms with Crippen molar-refractivity contribution in [2.45, 2.75) is 26.3 Å². The molecule has 2 heterocycles. The van der Waals surface area contributed by atoms with Crippen LogP contribution in [-0.4, -0.2) is 40.9 Å². The van der Waals surface area contributed by atoms with Crippen molar-refractivity contribution in [1.29, 1.82) is 0 Å². The lowest BCUT2D eigenvalue weighted by molar-refractivity contribution is -0.122. The topological polar surface area (TPSA) is 82.8 Å². The van der Waals surface area contributed by atoms with Crippen LogP contribution in [0.1, 0.15) is 25.5 Å². The number of carbonyl (C=O) groups excluding carboxylic acids is 1. The normalized spacial score (nSPS) is 14.9. The molecule has 0 aromatic carbocycles. The van der Waals surface area contributed by atoms with Gasteiger partial charge in [0.1, 0.15) is 0 Å². The van der Waals surface area contributed by atoms with E-state index in [1.54, 1.807) is 11.3 Å². The Balaban J connectivity index is 1.46. The summed E-state index contributed by atoms with van der Waals surface area (Å²) in [6, 6.07) is 0. The molecule has 1 saturated carbocycles. The molecule has 0 saturated heterocycles. The zero-order valence-corrected chi connectivity index (χ0v) is 14.0. The number of guanidine groups is 1. The SMILES string of the molecule is CCNC(=NCc1cn2ccsc2n1)NCCNC(=O)C1CC1. The van der Waals surface area contributed by atoms with Crippen LogP contribution in [0.25, 0.3) is 4.96 Å². The highest BCUT2D eigenvalue weighted by Gasteiger charge is 2.28. The van der Waals surface area contributed by atoms with Gasteiger partial charge in [0.2, 0.25) is 5.91 Å². The zero-order valence-electron chi connectivity index (χ0n) is 13.2. The van der Waals surface area contributed by atoms with Gasteiger partial charge >= 0.3 is 0 Å². The number of aliphatic imine (C=N–C) groups is 1. The predicted octanol–water partition coefficient (Wildman–Crippen LogP) is 0.977. The second-order valence-electron chi connectivity index (χ2n) is 5.51. The van der Waals surface area contributed by atoms with Crippen LogP contribution in [0, 0.1) is 5.92 Å². The molecule has 1 fully saturated rings. The Hall–Kier alpha value is -2.09. The molecule has 0 aliphatic heterocycles. The lowest BCUT2D eigenvalue weighted by Crippen LogP contribution is -2.41. The van der Waals surface area contributed by atoms with Gasteiger partial charge in [-0.15, -0.1) is 11.3 Å². The summed E-state index contributed by atoms with van der Waals surface area (Å²) in [7, 11) is 0. The summed E-state index contributed by atoms with van der Waals surface area (Å²) in [5, 5.41) is 11.4. The average Bonchev–Trinajstić information content (AvgIpc) is 3.18. The van der Waals surface area contributed by atoms with E-state index in [1.165, 1.54) is 0 Å². The Morgan fingerprint density at radius 1 is 1.39 bits per heavy atom. The van der Waals surface area contributed by atoms with Gasteiger partial charge in [0, 0.05) is 43.3 Å². The van der Waals surface area contributed by atoms with E-state index in [9.17, 15) is 4.79 Å². The Kier molecular flexibility index (Phi) is 5.12. The average molecular weight is 334 g/mol. The van der Waals surface area contributed by atoms with Crippen LogP contribution in [-0.2, 0) is 11.3 Å². The molecule has 124 valence electrons. The number of imidazole rings is 1. The summed E-state index contributed by atoms with van der Waals surface area (Å²) in [5.74, 6) is 1.17. The highest BCUT2D eigenvalue weighted by Crippen LogP contribution is 2.28. The van der Waals surface area contributed by atoms with Crippen molar-refractivity contribution in [3.8, 4) is 0 Å². The van der Waals surface area contributed by atoms with Crippen LogP contribution in [0.4, 0.5) is 0 Å². The van der Waals surface area contributed by atoms with Crippen molar-refractivity contribution in [2.24, 2.45) is 10.9 Å². The van der Waals surface area contributed by atoms with Crippen molar-refractivity contribution in [1.82, 2.24) is 25.3 Å². The molecule has 2 aromatic heterocycles. The number of carbonyl (C=O) groups is 1. The van der Waals surface area contributed by atoms with E-state index in [2.05, 4.69) is 25.9 Å². The van der Waals surface area contributed by atoms with Gasteiger partial charge in [-0.25, -0.2) is 9.98 Å². The third kappa shape index (κ3) is 4.44. The Labute approximate surface area is 139 Å². The number of amides is 1. The fourth-order valence-electron chi connectivity index (χ4n) is 2.21. The van der Waals surface area contributed by atoms with Gasteiger partial charge in [-0.2, -0.15) is 0 Å². The monoisotopic (exact) mass is 334 g/mol. The molecule has 23 heavy (non-hydrogen) atoms. The van der Waals surface area contributed by atoms with E-state index in [0.29, 0.717) is 19.6 Å². The minimum absolute atomic E-state index is 0.173. The summed E-state index contributed by atoms with van der Waals surface area (Å²) in [6.45, 7) is 4.61. The van der Waals surface area contributed by atoms with E-state index in [0.717, 1.165) is 36.0 Å². The Morgan fingerprint density at radius 3 is 2.96 bits per heavy atom. The summed E-state index contributed by atoms with van der Waals surface area (Å²) in [6.07, 6.45) is 6.05. The molecular weight excluding hydrogens is 312 g/mol. The molecule has 3 rings (SSSR count). The highest BCUT2D eigenvalue weighted by molar-refractivity contribution is 7.15. The first-order valence-electron chi connectivity index (χ1n) is 7.97. The third-order valence-corrected chi connectivity index (χ3v) is 4.32. The first-order chi connectivity index (χ1) is 11.3. The van der Waals surface area contributed by atoms with Crippen molar-refractivity contribution < 1.29 is 4.79 Å². The number of hydrogen-bond acceptors (Lipinski definition) is 4. The first kappa shape index (κ1) is 15.8. The number of aromatic nitrogens is 2. The van der Waals surface area contributed by atoms with Crippen LogP contribution in [0.2, 0.25) is 0 Å². The minimum Gasteiger partial charge on any atom is -0.357 e. The highest BCUT2D eigenvalue weighted by atomic mass is 32.1. The van der Waals surface area contributed by atoms with Crippen molar-refractivity contribution in [2.75, 3.05) is 19.6 Å². The number of rotatable bonds is 7. The fraction of sp³-hybridized carbons (Fsp3) is 0.533. The smallest absolute Gasteiger partial charge is 0.223 e. The number of thiazole rings is 1. The van der Waals surface area contributed by atoms with Gasteiger partial charge in [0.25, 0.3) is 0 Å². The quantitative estimate of drug-likeness (QED) is 0.400. The van der Waals surface area contributed by atoms with Gasteiger partial charge in [0.05, 0.1) is 12.2 Å². The molecule has 3 N–H and O–H groups in total. The summed E-state index contributed by atoms with van der Waals surface area (Å²) in [5.41, 5.74) is 0.941. The van der Waals surface area contributed by atoms with E-state index in [-0.39, 0.29) is 11.8 Å². The van der Waals surface area contributed by atoms with Crippen molar-refractivity contribution in [3.05, 3.63) is 23.5 Å². The third-order valence-electron chi connectivity index (χ3n) is 3.55. The molecule has 8 heteroatoms. The van der Waals surface area contributed by atoms with Crippen molar-refractivity contribution in [3.63, 3.8) is 0 Å². The molecule has 0 unspecified atom stereocenters. The van der Waals surface area contributed by atoms with Crippen LogP contribution in [0.5, 0.6) is 0 Å². The molecule has 0 atom stereocenters. The Bertz CT molecular complexity index is 659. The second-order valence-corrected chi connectivity index (χ2v) is 6.39. The van der Waals surface area contributed by atoms with Gasteiger partial charge in [-0.3, -0.25) is 9.20 Å². The van der Waals surface area contributed by atoms with Crippen LogP contribution in [0.15, 0.2) is 22.8 Å². The predicted molar refractivity (Wildman–Crippen MR) is 91.6 cm³/mol. The summed E-state index contributed by atoms with van der Waals surface area (Å²) in [4.78, 5) is 21.6. The number of hydrogen-bond donors (Lipinski definition) is 3. The van der Waals surface area contributed by atoms with Crippen LogP contribution >= 0.6 is 11.3 Å².